The number of ether oxygens (including phenoxy) is 1. The third-order valence-corrected chi connectivity index (χ3v) is 3.67. The summed E-state index contributed by atoms with van der Waals surface area (Å²) in [7, 11) is 2.83. The third kappa shape index (κ3) is 3.36. The van der Waals surface area contributed by atoms with Gasteiger partial charge in [0.05, 0.1) is 12.8 Å². The van der Waals surface area contributed by atoms with E-state index in [1.807, 2.05) is 24.3 Å². The van der Waals surface area contributed by atoms with Crippen molar-refractivity contribution in [3.63, 3.8) is 0 Å². The number of para-hydroxylation sites is 1. The standard InChI is InChI=1S/C13H11F3IN3O/c1-20(10-6-4-3-5-9(10)17)12-18-7-8(13(14,15)16)11(19-12)21-2/h3-7H,1-2H3. The van der Waals surface area contributed by atoms with Gasteiger partial charge in [-0.2, -0.15) is 18.2 Å². The highest BCUT2D eigenvalue weighted by Crippen LogP contribution is 2.36. The molecule has 0 atom stereocenters. The molecule has 0 N–H and O–H groups in total. The van der Waals surface area contributed by atoms with E-state index in [1.165, 1.54) is 0 Å². The normalized spacial score (nSPS) is 11.3. The molecule has 0 aliphatic carbocycles. The van der Waals surface area contributed by atoms with Crippen LogP contribution in [0.3, 0.4) is 0 Å². The van der Waals surface area contributed by atoms with Gasteiger partial charge in [0.1, 0.15) is 5.56 Å². The summed E-state index contributed by atoms with van der Waals surface area (Å²) in [6.07, 6.45) is -3.82. The molecule has 1 aromatic heterocycles. The maximum atomic E-state index is 12.8. The van der Waals surface area contributed by atoms with Gasteiger partial charge in [-0.3, -0.25) is 0 Å². The van der Waals surface area contributed by atoms with Gasteiger partial charge in [0.15, 0.2) is 0 Å². The molecular weight excluding hydrogens is 398 g/mol. The van der Waals surface area contributed by atoms with Crippen molar-refractivity contribution in [3.8, 4) is 5.88 Å². The lowest BCUT2D eigenvalue weighted by atomic mass is 10.3. The first-order valence-corrected chi connectivity index (χ1v) is 6.89. The van der Waals surface area contributed by atoms with Crippen LogP contribution in [0.25, 0.3) is 0 Å². The summed E-state index contributed by atoms with van der Waals surface area (Å²) in [6.45, 7) is 0. The molecule has 0 amide bonds. The fourth-order valence-corrected chi connectivity index (χ4v) is 2.45. The molecule has 0 spiro atoms. The quantitative estimate of drug-likeness (QED) is 0.722. The van der Waals surface area contributed by atoms with Gasteiger partial charge in [-0.15, -0.1) is 0 Å². The number of hydrogen-bond acceptors (Lipinski definition) is 4. The van der Waals surface area contributed by atoms with Crippen molar-refractivity contribution in [2.24, 2.45) is 0 Å². The lowest BCUT2D eigenvalue weighted by molar-refractivity contribution is -0.139. The zero-order chi connectivity index (χ0) is 15.6. The highest BCUT2D eigenvalue weighted by molar-refractivity contribution is 14.1. The molecule has 4 nitrogen and oxygen atoms in total. The lowest BCUT2D eigenvalue weighted by Gasteiger charge is -2.20. The summed E-state index contributed by atoms with van der Waals surface area (Å²) in [6, 6.07) is 7.41. The molecule has 112 valence electrons. The van der Waals surface area contributed by atoms with Crippen LogP contribution in [0.4, 0.5) is 24.8 Å². The average molecular weight is 409 g/mol. The molecule has 2 aromatic rings. The Bertz CT molecular complexity index is 649. The van der Waals surface area contributed by atoms with Gasteiger partial charge in [0.25, 0.3) is 0 Å². The summed E-state index contributed by atoms with van der Waals surface area (Å²) in [5.74, 6) is -0.366. The number of hydrogen-bond donors (Lipinski definition) is 0. The summed E-state index contributed by atoms with van der Waals surface area (Å²) in [5, 5.41) is 0. The molecule has 0 fully saturated rings. The van der Waals surface area contributed by atoms with E-state index < -0.39 is 17.6 Å². The number of rotatable bonds is 3. The van der Waals surface area contributed by atoms with E-state index in [9.17, 15) is 13.2 Å². The minimum absolute atomic E-state index is 0.129. The summed E-state index contributed by atoms with van der Waals surface area (Å²) < 4.78 is 44.0. The number of methoxy groups -OCH3 is 1. The van der Waals surface area contributed by atoms with Crippen LogP contribution in [-0.2, 0) is 6.18 Å². The molecule has 8 heteroatoms. The number of nitrogens with zero attached hydrogens (tertiary/aromatic N) is 3. The van der Waals surface area contributed by atoms with Crippen molar-refractivity contribution >= 4 is 34.2 Å². The van der Waals surface area contributed by atoms with Crippen LogP contribution in [0.5, 0.6) is 5.88 Å². The molecule has 0 aliphatic rings. The van der Waals surface area contributed by atoms with Gasteiger partial charge in [-0.1, -0.05) is 12.1 Å². The number of anilines is 2. The molecule has 2 rings (SSSR count). The van der Waals surface area contributed by atoms with Gasteiger partial charge in [-0.05, 0) is 34.7 Å². The molecule has 21 heavy (non-hydrogen) atoms. The van der Waals surface area contributed by atoms with Crippen molar-refractivity contribution in [3.05, 3.63) is 39.6 Å². The van der Waals surface area contributed by atoms with Gasteiger partial charge in [0, 0.05) is 16.8 Å². The SMILES string of the molecule is COc1nc(N(C)c2ccccc2I)ncc1C(F)(F)F. The average Bonchev–Trinajstić information content (AvgIpc) is 2.45. The van der Waals surface area contributed by atoms with Gasteiger partial charge < -0.3 is 9.64 Å². The Morgan fingerprint density at radius 3 is 2.48 bits per heavy atom. The van der Waals surface area contributed by atoms with Gasteiger partial charge >= 0.3 is 6.18 Å². The van der Waals surface area contributed by atoms with Crippen LogP contribution >= 0.6 is 22.6 Å². The third-order valence-electron chi connectivity index (χ3n) is 2.75. The molecule has 0 saturated carbocycles. The van der Waals surface area contributed by atoms with Crippen molar-refractivity contribution in [1.29, 1.82) is 0 Å². The zero-order valence-electron chi connectivity index (χ0n) is 11.1. The predicted octanol–water partition coefficient (Wildman–Crippen LogP) is 3.88. The topological polar surface area (TPSA) is 38.2 Å². The molecule has 0 bridgehead atoms. The van der Waals surface area contributed by atoms with Crippen molar-refractivity contribution < 1.29 is 17.9 Å². The second-order valence-corrected chi connectivity index (χ2v) is 5.26. The van der Waals surface area contributed by atoms with Crippen LogP contribution in [0.2, 0.25) is 0 Å². The fourth-order valence-electron chi connectivity index (χ4n) is 1.70. The molecule has 0 radical (unpaired) electrons. The summed E-state index contributed by atoms with van der Waals surface area (Å²) in [5.41, 5.74) is -0.204. The zero-order valence-corrected chi connectivity index (χ0v) is 13.3. The fraction of sp³-hybridized carbons (Fsp3) is 0.231. The van der Waals surface area contributed by atoms with Crippen LogP contribution in [0.1, 0.15) is 5.56 Å². The van der Waals surface area contributed by atoms with E-state index in [-0.39, 0.29) is 5.95 Å². The number of alkyl halides is 3. The molecule has 1 heterocycles. The van der Waals surface area contributed by atoms with Gasteiger partial charge in [-0.25, -0.2) is 4.98 Å². The van der Waals surface area contributed by atoms with Crippen LogP contribution in [0, 0.1) is 3.57 Å². The Balaban J connectivity index is 2.44. The summed E-state index contributed by atoms with van der Waals surface area (Å²) in [4.78, 5) is 9.23. The molecule has 1 aromatic carbocycles. The van der Waals surface area contributed by atoms with Gasteiger partial charge in [0.2, 0.25) is 11.8 Å². The van der Waals surface area contributed by atoms with E-state index >= 15 is 0 Å². The van der Waals surface area contributed by atoms with E-state index in [0.717, 1.165) is 22.6 Å². The van der Waals surface area contributed by atoms with Crippen LogP contribution < -0.4 is 9.64 Å². The van der Waals surface area contributed by atoms with E-state index in [2.05, 4.69) is 32.6 Å². The maximum Gasteiger partial charge on any atom is 0.423 e. The first kappa shape index (κ1) is 15.8. The highest BCUT2D eigenvalue weighted by atomic mass is 127. The monoisotopic (exact) mass is 409 g/mol. The molecular formula is C13H11F3IN3O. The Labute approximate surface area is 133 Å². The minimum Gasteiger partial charge on any atom is -0.480 e. The minimum atomic E-state index is -4.55. The van der Waals surface area contributed by atoms with E-state index in [0.29, 0.717) is 0 Å². The molecule has 0 unspecified atom stereocenters. The molecule has 0 aliphatic heterocycles. The highest BCUT2D eigenvalue weighted by Gasteiger charge is 2.36. The summed E-state index contributed by atoms with van der Waals surface area (Å²) >= 11 is 2.13. The Hall–Kier alpha value is -1.58. The predicted molar refractivity (Wildman–Crippen MR) is 80.8 cm³/mol. The van der Waals surface area contributed by atoms with Crippen molar-refractivity contribution in [2.45, 2.75) is 6.18 Å². The Kier molecular flexibility index (Phi) is 4.55. The van der Waals surface area contributed by atoms with E-state index in [4.69, 9.17) is 4.74 Å². The Morgan fingerprint density at radius 1 is 1.24 bits per heavy atom. The molecule has 0 saturated heterocycles. The number of benzene rings is 1. The first-order valence-electron chi connectivity index (χ1n) is 5.81. The second-order valence-electron chi connectivity index (χ2n) is 4.10. The largest absolute Gasteiger partial charge is 0.480 e. The lowest BCUT2D eigenvalue weighted by Crippen LogP contribution is -2.17. The maximum absolute atomic E-state index is 12.8. The number of aromatic nitrogens is 2. The van der Waals surface area contributed by atoms with Crippen LogP contribution in [0.15, 0.2) is 30.5 Å². The van der Waals surface area contributed by atoms with Crippen molar-refractivity contribution in [1.82, 2.24) is 9.97 Å². The number of halogens is 4. The second kappa shape index (κ2) is 6.04. The van der Waals surface area contributed by atoms with Crippen molar-refractivity contribution in [2.75, 3.05) is 19.1 Å². The van der Waals surface area contributed by atoms with E-state index in [1.54, 1.807) is 11.9 Å². The smallest absolute Gasteiger partial charge is 0.423 e. The Morgan fingerprint density at radius 2 is 1.90 bits per heavy atom. The van der Waals surface area contributed by atoms with Crippen LogP contribution in [-0.4, -0.2) is 24.1 Å². The first-order chi connectivity index (χ1) is 9.84.